The van der Waals surface area contributed by atoms with Crippen LogP contribution >= 0.6 is 0 Å². The zero-order chi connectivity index (χ0) is 12.0. The first-order valence-electron chi connectivity index (χ1n) is 6.35. The lowest BCUT2D eigenvalue weighted by atomic mass is 10.1. The Morgan fingerprint density at radius 3 is 3.00 bits per heavy atom. The largest absolute Gasteiger partial charge is 0.316 e. The second-order valence-corrected chi connectivity index (χ2v) is 6.86. The van der Waals surface area contributed by atoms with Crippen LogP contribution in [0, 0.1) is 5.92 Å². The van der Waals surface area contributed by atoms with Gasteiger partial charge >= 0.3 is 0 Å². The van der Waals surface area contributed by atoms with Gasteiger partial charge in [0, 0.05) is 28.9 Å². The molecule has 0 aromatic heterocycles. The lowest BCUT2D eigenvalue weighted by Gasteiger charge is -2.29. The molecule has 0 bridgehead atoms. The summed E-state index contributed by atoms with van der Waals surface area (Å²) in [5.41, 5.74) is 0. The van der Waals surface area contributed by atoms with Gasteiger partial charge in [0.25, 0.3) is 0 Å². The van der Waals surface area contributed by atoms with Crippen molar-refractivity contribution >= 4 is 10.8 Å². The standard InChI is InChI=1S/C12H26N2OS/c1-11-9-13-6-4-7-14(10-11)8-5-12(2)16(3)15/h11-13H,4-10H2,1-3H3. The van der Waals surface area contributed by atoms with Crippen LogP contribution in [-0.4, -0.2) is 53.3 Å². The van der Waals surface area contributed by atoms with Gasteiger partial charge in [0.2, 0.25) is 0 Å². The summed E-state index contributed by atoms with van der Waals surface area (Å²) >= 11 is 0. The molecule has 3 unspecified atom stereocenters. The maximum atomic E-state index is 11.3. The minimum Gasteiger partial charge on any atom is -0.316 e. The number of nitrogens with zero attached hydrogens (tertiary/aromatic N) is 1. The Labute approximate surface area is 102 Å². The molecule has 0 aromatic rings. The smallest absolute Gasteiger partial charge is 0.0329 e. The number of hydrogen-bond donors (Lipinski definition) is 1. The van der Waals surface area contributed by atoms with E-state index < -0.39 is 10.8 Å². The van der Waals surface area contributed by atoms with Crippen molar-refractivity contribution in [2.75, 3.05) is 39.0 Å². The fourth-order valence-corrected chi connectivity index (χ4v) is 2.54. The van der Waals surface area contributed by atoms with Crippen LogP contribution in [0.2, 0.25) is 0 Å². The van der Waals surface area contributed by atoms with Crippen LogP contribution < -0.4 is 5.32 Å². The zero-order valence-corrected chi connectivity index (χ0v) is 11.7. The van der Waals surface area contributed by atoms with Gasteiger partial charge < -0.3 is 10.2 Å². The van der Waals surface area contributed by atoms with Gasteiger partial charge in [-0.25, -0.2) is 0 Å². The average molecular weight is 246 g/mol. The number of rotatable bonds is 4. The molecule has 4 heteroatoms. The molecule has 0 aromatic carbocycles. The molecule has 1 saturated heterocycles. The molecule has 1 heterocycles. The molecule has 3 atom stereocenters. The SMILES string of the molecule is CC1CNCCCN(CCC(C)S(C)=O)C1. The topological polar surface area (TPSA) is 32.3 Å². The van der Waals surface area contributed by atoms with Gasteiger partial charge in [0.1, 0.15) is 0 Å². The molecule has 0 aliphatic carbocycles. The molecule has 0 radical (unpaired) electrons. The third kappa shape index (κ3) is 5.41. The molecule has 16 heavy (non-hydrogen) atoms. The van der Waals surface area contributed by atoms with E-state index in [2.05, 4.69) is 24.1 Å². The number of hydrogen-bond acceptors (Lipinski definition) is 3. The predicted octanol–water partition coefficient (Wildman–Crippen LogP) is 1.07. The molecule has 1 aliphatic rings. The van der Waals surface area contributed by atoms with Gasteiger partial charge in [-0.2, -0.15) is 0 Å². The van der Waals surface area contributed by atoms with Crippen molar-refractivity contribution in [2.24, 2.45) is 5.92 Å². The van der Waals surface area contributed by atoms with Gasteiger partial charge in [0.15, 0.2) is 0 Å². The Bertz CT molecular complexity index is 223. The quantitative estimate of drug-likeness (QED) is 0.805. The summed E-state index contributed by atoms with van der Waals surface area (Å²) in [7, 11) is -0.670. The van der Waals surface area contributed by atoms with Crippen molar-refractivity contribution in [3.8, 4) is 0 Å². The fourth-order valence-electron chi connectivity index (χ4n) is 2.11. The molecule has 1 fully saturated rings. The van der Waals surface area contributed by atoms with E-state index in [1.165, 1.54) is 19.5 Å². The molecule has 0 spiro atoms. The molecule has 0 saturated carbocycles. The fraction of sp³-hybridized carbons (Fsp3) is 1.00. The first kappa shape index (κ1) is 14.1. The van der Waals surface area contributed by atoms with Crippen molar-refractivity contribution in [3.63, 3.8) is 0 Å². The normalized spacial score (nSPS) is 28.1. The van der Waals surface area contributed by atoms with Gasteiger partial charge in [-0.1, -0.05) is 13.8 Å². The van der Waals surface area contributed by atoms with E-state index in [4.69, 9.17) is 0 Å². The van der Waals surface area contributed by atoms with Crippen LogP contribution in [0.25, 0.3) is 0 Å². The minimum atomic E-state index is -0.670. The van der Waals surface area contributed by atoms with Crippen molar-refractivity contribution in [1.29, 1.82) is 0 Å². The third-order valence-corrected chi connectivity index (χ3v) is 4.68. The minimum absolute atomic E-state index is 0.332. The Morgan fingerprint density at radius 2 is 2.31 bits per heavy atom. The molecule has 96 valence electrons. The zero-order valence-electron chi connectivity index (χ0n) is 10.9. The Balaban J connectivity index is 2.30. The highest BCUT2D eigenvalue weighted by molar-refractivity contribution is 7.84. The van der Waals surface area contributed by atoms with Gasteiger partial charge in [-0.3, -0.25) is 4.21 Å². The van der Waals surface area contributed by atoms with Crippen molar-refractivity contribution in [3.05, 3.63) is 0 Å². The summed E-state index contributed by atoms with van der Waals surface area (Å²) in [4.78, 5) is 2.54. The van der Waals surface area contributed by atoms with E-state index in [1.54, 1.807) is 0 Å². The lowest BCUT2D eigenvalue weighted by molar-refractivity contribution is 0.214. The molecule has 1 N–H and O–H groups in total. The van der Waals surface area contributed by atoms with Gasteiger partial charge in [-0.15, -0.1) is 0 Å². The van der Waals surface area contributed by atoms with Crippen LogP contribution in [0.15, 0.2) is 0 Å². The van der Waals surface area contributed by atoms with E-state index in [0.29, 0.717) is 5.25 Å². The Hall–Kier alpha value is 0.0700. The van der Waals surface area contributed by atoms with E-state index in [9.17, 15) is 4.21 Å². The highest BCUT2D eigenvalue weighted by Crippen LogP contribution is 2.07. The maximum absolute atomic E-state index is 11.3. The maximum Gasteiger partial charge on any atom is 0.0329 e. The first-order valence-corrected chi connectivity index (χ1v) is 7.97. The number of nitrogens with one attached hydrogen (secondary N) is 1. The summed E-state index contributed by atoms with van der Waals surface area (Å²) in [6.45, 7) is 10.1. The summed E-state index contributed by atoms with van der Waals surface area (Å²) in [5, 5.41) is 3.80. The van der Waals surface area contributed by atoms with Crippen LogP contribution in [-0.2, 0) is 10.8 Å². The van der Waals surface area contributed by atoms with Crippen molar-refractivity contribution in [1.82, 2.24) is 10.2 Å². The molecule has 0 amide bonds. The summed E-state index contributed by atoms with van der Waals surface area (Å²) < 4.78 is 11.3. The molecular weight excluding hydrogens is 220 g/mol. The highest BCUT2D eigenvalue weighted by atomic mass is 32.2. The average Bonchev–Trinajstić information content (AvgIpc) is 2.20. The third-order valence-electron chi connectivity index (χ3n) is 3.31. The molecular formula is C12H26N2OS. The van der Waals surface area contributed by atoms with E-state index in [1.807, 2.05) is 6.26 Å². The van der Waals surface area contributed by atoms with Crippen molar-refractivity contribution in [2.45, 2.75) is 31.9 Å². The molecule has 3 nitrogen and oxygen atoms in total. The predicted molar refractivity (Wildman–Crippen MR) is 71.2 cm³/mol. The molecule has 1 rings (SSSR count). The monoisotopic (exact) mass is 246 g/mol. The van der Waals surface area contributed by atoms with Gasteiger partial charge in [0.05, 0.1) is 0 Å². The molecule has 1 aliphatic heterocycles. The van der Waals surface area contributed by atoms with Gasteiger partial charge in [-0.05, 0) is 44.9 Å². The first-order chi connectivity index (χ1) is 7.59. The second kappa shape index (κ2) is 7.41. The van der Waals surface area contributed by atoms with Crippen molar-refractivity contribution < 1.29 is 4.21 Å². The van der Waals surface area contributed by atoms with Crippen LogP contribution in [0.3, 0.4) is 0 Å². The van der Waals surface area contributed by atoms with E-state index in [-0.39, 0.29) is 0 Å². The van der Waals surface area contributed by atoms with E-state index >= 15 is 0 Å². The van der Waals surface area contributed by atoms with Crippen LogP contribution in [0.4, 0.5) is 0 Å². The highest BCUT2D eigenvalue weighted by Gasteiger charge is 2.14. The summed E-state index contributed by atoms with van der Waals surface area (Å²) in [5.74, 6) is 0.725. The summed E-state index contributed by atoms with van der Waals surface area (Å²) in [6, 6.07) is 0. The van der Waals surface area contributed by atoms with E-state index in [0.717, 1.165) is 32.0 Å². The second-order valence-electron chi connectivity index (χ2n) is 5.06. The lowest BCUT2D eigenvalue weighted by Crippen LogP contribution is -2.39. The Morgan fingerprint density at radius 1 is 1.56 bits per heavy atom. The Kier molecular flexibility index (Phi) is 6.54. The van der Waals surface area contributed by atoms with Crippen LogP contribution in [0.1, 0.15) is 26.7 Å². The summed E-state index contributed by atoms with van der Waals surface area (Å²) in [6.07, 6.45) is 4.10. The van der Waals surface area contributed by atoms with Crippen LogP contribution in [0.5, 0.6) is 0 Å².